The molecule has 7 nitrogen and oxygen atoms in total. The van der Waals surface area contributed by atoms with Crippen LogP contribution < -0.4 is 10.6 Å². The number of halogens is 1. The second kappa shape index (κ2) is 11.9. The highest BCUT2D eigenvalue weighted by Gasteiger charge is 2.12. The molecule has 2 N–H and O–H groups in total. The summed E-state index contributed by atoms with van der Waals surface area (Å²) in [6.07, 6.45) is 6.63. The molecule has 0 radical (unpaired) electrons. The van der Waals surface area contributed by atoms with E-state index in [9.17, 15) is 0 Å². The molecule has 0 amide bonds. The average Bonchev–Trinajstić information content (AvgIpc) is 3.21. The molecular weight excluding hydrogens is 443 g/mol. The summed E-state index contributed by atoms with van der Waals surface area (Å²) in [7, 11) is 0. The van der Waals surface area contributed by atoms with Gasteiger partial charge in [0.25, 0.3) is 0 Å². The Kier molecular flexibility index (Phi) is 10.3. The zero-order valence-electron chi connectivity index (χ0n) is 16.2. The van der Waals surface area contributed by atoms with Gasteiger partial charge in [-0.2, -0.15) is 5.10 Å². The van der Waals surface area contributed by atoms with Crippen molar-refractivity contribution in [3.63, 3.8) is 0 Å². The van der Waals surface area contributed by atoms with Gasteiger partial charge in [-0.3, -0.25) is 4.68 Å². The lowest BCUT2D eigenvalue weighted by atomic mass is 10.1. The van der Waals surface area contributed by atoms with Gasteiger partial charge in [0.15, 0.2) is 5.96 Å². The van der Waals surface area contributed by atoms with Crippen molar-refractivity contribution < 1.29 is 4.52 Å². The molecule has 0 atom stereocenters. The summed E-state index contributed by atoms with van der Waals surface area (Å²) in [5.41, 5.74) is 3.31. The summed E-state index contributed by atoms with van der Waals surface area (Å²) in [6, 6.07) is 0. The maximum Gasteiger partial charge on any atom is 0.191 e. The van der Waals surface area contributed by atoms with Gasteiger partial charge in [-0.15, -0.1) is 24.0 Å². The third-order valence-electron chi connectivity index (χ3n) is 3.97. The maximum absolute atomic E-state index is 5.41. The quantitative estimate of drug-likeness (QED) is 0.253. The van der Waals surface area contributed by atoms with Crippen LogP contribution >= 0.6 is 24.0 Å². The Balaban J connectivity index is 0.00000338. The van der Waals surface area contributed by atoms with Gasteiger partial charge >= 0.3 is 0 Å². The van der Waals surface area contributed by atoms with Crippen molar-refractivity contribution in [3.05, 3.63) is 35.0 Å². The molecule has 0 aliphatic carbocycles. The van der Waals surface area contributed by atoms with Gasteiger partial charge in [-0.05, 0) is 32.3 Å². The Morgan fingerprint density at radius 3 is 2.65 bits per heavy atom. The second-order valence-corrected chi connectivity index (χ2v) is 5.99. The lowest BCUT2D eigenvalue weighted by molar-refractivity contribution is 0.380. The summed E-state index contributed by atoms with van der Waals surface area (Å²) in [5, 5.41) is 15.1. The average molecular weight is 474 g/mol. The molecule has 0 saturated heterocycles. The van der Waals surface area contributed by atoms with E-state index in [0.717, 1.165) is 61.9 Å². The van der Waals surface area contributed by atoms with Gasteiger partial charge in [0, 0.05) is 37.8 Å². The number of aliphatic imine (C=N–C) groups is 1. The Morgan fingerprint density at radius 1 is 1.23 bits per heavy atom. The molecule has 0 aromatic carbocycles. The van der Waals surface area contributed by atoms with Crippen LogP contribution in [0, 0.1) is 6.92 Å². The maximum atomic E-state index is 5.41. The molecule has 0 spiro atoms. The predicted octanol–water partition coefficient (Wildman–Crippen LogP) is 3.07. The first-order valence-electron chi connectivity index (χ1n) is 9.15. The molecule has 0 aliphatic rings. The van der Waals surface area contributed by atoms with Gasteiger partial charge in [0.1, 0.15) is 5.76 Å². The lowest BCUT2D eigenvalue weighted by Gasteiger charge is -2.11. The number of nitrogens with zero attached hydrogens (tertiary/aromatic N) is 4. The molecule has 0 aliphatic heterocycles. The van der Waals surface area contributed by atoms with E-state index < -0.39 is 0 Å². The number of aryl methyl sites for hydroxylation is 4. The molecular formula is C18H31IN6O. The molecule has 0 unspecified atom stereocenters. The van der Waals surface area contributed by atoms with Crippen LogP contribution in [-0.2, 0) is 25.9 Å². The normalized spacial score (nSPS) is 11.3. The third-order valence-corrected chi connectivity index (χ3v) is 3.97. The van der Waals surface area contributed by atoms with Crippen molar-refractivity contribution in [2.45, 2.75) is 60.0 Å². The number of hydrogen-bond donors (Lipinski definition) is 2. The van der Waals surface area contributed by atoms with Crippen LogP contribution in [0.5, 0.6) is 0 Å². The Hall–Kier alpha value is -1.58. The van der Waals surface area contributed by atoms with Crippen molar-refractivity contribution in [1.29, 1.82) is 0 Å². The molecule has 2 aromatic rings. The zero-order valence-corrected chi connectivity index (χ0v) is 18.5. The summed E-state index contributed by atoms with van der Waals surface area (Å²) < 4.78 is 7.38. The predicted molar refractivity (Wildman–Crippen MR) is 115 cm³/mol. The van der Waals surface area contributed by atoms with Crippen LogP contribution in [0.4, 0.5) is 0 Å². The van der Waals surface area contributed by atoms with Crippen LogP contribution in [0.25, 0.3) is 0 Å². The number of rotatable bonds is 9. The first-order chi connectivity index (χ1) is 12.2. The van der Waals surface area contributed by atoms with Crippen molar-refractivity contribution in [2.24, 2.45) is 4.99 Å². The van der Waals surface area contributed by atoms with E-state index in [1.807, 2.05) is 10.9 Å². The molecule has 0 bridgehead atoms. The minimum absolute atomic E-state index is 0. The van der Waals surface area contributed by atoms with Gasteiger partial charge in [-0.1, -0.05) is 19.0 Å². The van der Waals surface area contributed by atoms with Crippen LogP contribution in [0.1, 0.15) is 49.8 Å². The molecule has 2 rings (SSSR count). The Morgan fingerprint density at radius 2 is 2.04 bits per heavy atom. The van der Waals surface area contributed by atoms with Crippen molar-refractivity contribution in [1.82, 2.24) is 25.6 Å². The van der Waals surface area contributed by atoms with Crippen LogP contribution in [0.2, 0.25) is 0 Å². The third kappa shape index (κ3) is 6.62. The van der Waals surface area contributed by atoms with Crippen molar-refractivity contribution >= 4 is 29.9 Å². The largest absolute Gasteiger partial charge is 0.361 e. The molecule has 0 fully saturated rings. The summed E-state index contributed by atoms with van der Waals surface area (Å²) >= 11 is 0. The molecule has 2 aromatic heterocycles. The SMILES string of the molecule is CCNC(=NCc1c(CC)noc1CC)NCCCn1cc(C)cn1.I. The monoisotopic (exact) mass is 474 g/mol. The zero-order chi connectivity index (χ0) is 18.1. The second-order valence-electron chi connectivity index (χ2n) is 5.99. The van der Waals surface area contributed by atoms with Gasteiger partial charge in [0.05, 0.1) is 18.4 Å². The number of guanidine groups is 1. The fraction of sp³-hybridized carbons (Fsp3) is 0.611. The fourth-order valence-corrected chi connectivity index (χ4v) is 2.65. The molecule has 26 heavy (non-hydrogen) atoms. The van der Waals surface area contributed by atoms with Gasteiger partial charge in [0.2, 0.25) is 0 Å². The van der Waals surface area contributed by atoms with Gasteiger partial charge < -0.3 is 15.2 Å². The smallest absolute Gasteiger partial charge is 0.191 e. The summed E-state index contributed by atoms with van der Waals surface area (Å²) in [4.78, 5) is 4.69. The lowest BCUT2D eigenvalue weighted by Crippen LogP contribution is -2.38. The topological polar surface area (TPSA) is 80.3 Å². The van der Waals surface area contributed by atoms with E-state index in [-0.39, 0.29) is 24.0 Å². The molecule has 8 heteroatoms. The van der Waals surface area contributed by atoms with E-state index in [1.165, 1.54) is 5.56 Å². The highest BCUT2D eigenvalue weighted by Crippen LogP contribution is 2.16. The highest BCUT2D eigenvalue weighted by atomic mass is 127. The fourth-order valence-electron chi connectivity index (χ4n) is 2.65. The number of hydrogen-bond acceptors (Lipinski definition) is 4. The summed E-state index contributed by atoms with van der Waals surface area (Å²) in [6.45, 7) is 11.4. The van der Waals surface area contributed by atoms with Gasteiger partial charge in [-0.25, -0.2) is 4.99 Å². The van der Waals surface area contributed by atoms with E-state index in [1.54, 1.807) is 0 Å². The highest BCUT2D eigenvalue weighted by molar-refractivity contribution is 14.0. The van der Waals surface area contributed by atoms with Crippen LogP contribution in [0.15, 0.2) is 21.9 Å². The first kappa shape index (κ1) is 22.5. The molecule has 146 valence electrons. The van der Waals surface area contributed by atoms with Crippen molar-refractivity contribution in [2.75, 3.05) is 13.1 Å². The van der Waals surface area contributed by atoms with E-state index >= 15 is 0 Å². The van der Waals surface area contributed by atoms with Crippen LogP contribution in [-0.4, -0.2) is 34.0 Å². The molecule has 2 heterocycles. The number of aromatic nitrogens is 3. The minimum atomic E-state index is 0. The van der Waals surface area contributed by atoms with E-state index in [4.69, 9.17) is 9.52 Å². The van der Waals surface area contributed by atoms with Crippen molar-refractivity contribution in [3.8, 4) is 0 Å². The first-order valence-corrected chi connectivity index (χ1v) is 9.15. The minimum Gasteiger partial charge on any atom is -0.361 e. The van der Waals surface area contributed by atoms with E-state index in [2.05, 4.69) is 54.8 Å². The Labute approximate surface area is 173 Å². The van der Waals surface area contributed by atoms with Crippen LogP contribution in [0.3, 0.4) is 0 Å². The standard InChI is InChI=1S/C18H30N6O.HI/c1-5-16-15(17(6-2)25-23-16)12-21-18(19-7-3)20-9-8-10-24-13-14(4)11-22-24;/h11,13H,5-10,12H2,1-4H3,(H2,19,20,21);1H. The van der Waals surface area contributed by atoms with E-state index in [0.29, 0.717) is 6.54 Å². The Bertz CT molecular complexity index is 658. The summed E-state index contributed by atoms with van der Waals surface area (Å²) in [5.74, 6) is 1.76. The number of nitrogens with one attached hydrogen (secondary N) is 2. The molecule has 0 saturated carbocycles.